The monoisotopic (exact) mass is 218 g/mol. The molecule has 0 aliphatic carbocycles. The summed E-state index contributed by atoms with van der Waals surface area (Å²) in [6.07, 6.45) is 3.82. The zero-order valence-electron chi connectivity index (χ0n) is 10.3. The summed E-state index contributed by atoms with van der Waals surface area (Å²) in [7, 11) is 4.02. The van der Waals surface area contributed by atoms with Gasteiger partial charge in [0, 0.05) is 38.2 Å². The van der Waals surface area contributed by atoms with Crippen LogP contribution in [0, 0.1) is 13.8 Å². The smallest absolute Gasteiger partial charge is 0.0729 e. The average molecular weight is 218 g/mol. The van der Waals surface area contributed by atoms with E-state index in [9.17, 15) is 0 Å². The molecule has 2 aromatic rings. The van der Waals surface area contributed by atoms with Gasteiger partial charge in [-0.05, 0) is 25.5 Å². The second kappa shape index (κ2) is 4.04. The number of aromatic nitrogens is 3. The van der Waals surface area contributed by atoms with Gasteiger partial charge in [0.05, 0.1) is 11.9 Å². The predicted molar refractivity (Wildman–Crippen MR) is 65.4 cm³/mol. The van der Waals surface area contributed by atoms with Crippen molar-refractivity contribution in [3.8, 4) is 0 Å². The molecule has 4 heteroatoms. The molecule has 2 rings (SSSR count). The van der Waals surface area contributed by atoms with Gasteiger partial charge in [-0.1, -0.05) is 0 Å². The van der Waals surface area contributed by atoms with Gasteiger partial charge in [-0.2, -0.15) is 5.10 Å². The van der Waals surface area contributed by atoms with Crippen LogP contribution in [0.3, 0.4) is 0 Å². The molecule has 0 aliphatic heterocycles. The van der Waals surface area contributed by atoms with Crippen LogP contribution in [0.25, 0.3) is 0 Å². The molecule has 2 aromatic heterocycles. The van der Waals surface area contributed by atoms with Crippen molar-refractivity contribution in [3.05, 3.63) is 35.4 Å². The number of hydrogen-bond acceptors (Lipinski definition) is 2. The fourth-order valence-corrected chi connectivity index (χ4v) is 1.82. The predicted octanol–water partition coefficient (Wildman–Crippen LogP) is 1.99. The Bertz CT molecular complexity index is 493. The van der Waals surface area contributed by atoms with Crippen LogP contribution in [0.4, 0.5) is 5.69 Å². The number of anilines is 1. The Morgan fingerprint density at radius 2 is 2.06 bits per heavy atom. The zero-order valence-corrected chi connectivity index (χ0v) is 10.3. The molecule has 86 valence electrons. The van der Waals surface area contributed by atoms with Gasteiger partial charge in [0.1, 0.15) is 0 Å². The summed E-state index contributed by atoms with van der Waals surface area (Å²) in [4.78, 5) is 0. The first-order chi connectivity index (χ1) is 7.58. The summed E-state index contributed by atoms with van der Waals surface area (Å²) >= 11 is 0. The summed E-state index contributed by atoms with van der Waals surface area (Å²) in [5.41, 5.74) is 5.00. The van der Waals surface area contributed by atoms with Crippen LogP contribution in [0.15, 0.2) is 18.5 Å². The van der Waals surface area contributed by atoms with E-state index >= 15 is 0 Å². The average Bonchev–Trinajstić information content (AvgIpc) is 2.76. The van der Waals surface area contributed by atoms with Crippen LogP contribution < -0.4 is 5.32 Å². The van der Waals surface area contributed by atoms with E-state index in [1.165, 1.54) is 17.0 Å². The van der Waals surface area contributed by atoms with Gasteiger partial charge in [-0.25, -0.2) is 0 Å². The molecule has 0 amide bonds. The topological polar surface area (TPSA) is 34.8 Å². The third-order valence-corrected chi connectivity index (χ3v) is 3.07. The van der Waals surface area contributed by atoms with Gasteiger partial charge < -0.3 is 9.88 Å². The molecule has 0 aromatic carbocycles. The van der Waals surface area contributed by atoms with Crippen molar-refractivity contribution >= 4 is 5.69 Å². The molecule has 0 aliphatic rings. The van der Waals surface area contributed by atoms with E-state index in [-0.39, 0.29) is 0 Å². The van der Waals surface area contributed by atoms with Crippen molar-refractivity contribution in [2.45, 2.75) is 20.4 Å². The minimum atomic E-state index is 0.846. The summed E-state index contributed by atoms with van der Waals surface area (Å²) < 4.78 is 4.01. The highest BCUT2D eigenvalue weighted by molar-refractivity contribution is 5.40. The third-order valence-electron chi connectivity index (χ3n) is 3.07. The van der Waals surface area contributed by atoms with Gasteiger partial charge in [0.25, 0.3) is 0 Å². The Kier molecular flexibility index (Phi) is 2.73. The maximum Gasteiger partial charge on any atom is 0.0729 e. The number of nitrogens with zero attached hydrogens (tertiary/aromatic N) is 3. The summed E-state index contributed by atoms with van der Waals surface area (Å²) in [5.74, 6) is 0. The lowest BCUT2D eigenvalue weighted by Crippen LogP contribution is -2.00. The van der Waals surface area contributed by atoms with Gasteiger partial charge in [-0.3, -0.25) is 4.68 Å². The Balaban J connectivity index is 2.07. The van der Waals surface area contributed by atoms with Crippen molar-refractivity contribution in [3.63, 3.8) is 0 Å². The SMILES string of the molecule is Cc1cc(CNc2cnn(C)c2)c(C)n1C. The summed E-state index contributed by atoms with van der Waals surface area (Å²) in [6.45, 7) is 5.12. The van der Waals surface area contributed by atoms with E-state index < -0.39 is 0 Å². The van der Waals surface area contributed by atoms with Crippen LogP contribution in [-0.4, -0.2) is 14.3 Å². The summed E-state index contributed by atoms with van der Waals surface area (Å²) in [6, 6.07) is 2.22. The van der Waals surface area contributed by atoms with Crippen LogP contribution in [0.1, 0.15) is 17.0 Å². The van der Waals surface area contributed by atoms with Crippen molar-refractivity contribution < 1.29 is 0 Å². The Morgan fingerprint density at radius 1 is 1.31 bits per heavy atom. The lowest BCUT2D eigenvalue weighted by Gasteiger charge is -2.04. The van der Waals surface area contributed by atoms with E-state index in [0.29, 0.717) is 0 Å². The number of nitrogens with one attached hydrogen (secondary N) is 1. The molecule has 0 unspecified atom stereocenters. The van der Waals surface area contributed by atoms with Crippen LogP contribution >= 0.6 is 0 Å². The number of aryl methyl sites for hydroxylation is 2. The van der Waals surface area contributed by atoms with Crippen molar-refractivity contribution in [2.75, 3.05) is 5.32 Å². The van der Waals surface area contributed by atoms with Gasteiger partial charge in [0.15, 0.2) is 0 Å². The largest absolute Gasteiger partial charge is 0.378 e. The number of rotatable bonds is 3. The van der Waals surface area contributed by atoms with E-state index in [4.69, 9.17) is 0 Å². The van der Waals surface area contributed by atoms with Crippen LogP contribution in [0.5, 0.6) is 0 Å². The molecule has 4 nitrogen and oxygen atoms in total. The molecule has 0 fully saturated rings. The maximum atomic E-state index is 4.12. The van der Waals surface area contributed by atoms with Crippen LogP contribution in [0.2, 0.25) is 0 Å². The fourth-order valence-electron chi connectivity index (χ4n) is 1.82. The fraction of sp³-hybridized carbons (Fsp3) is 0.417. The Morgan fingerprint density at radius 3 is 2.56 bits per heavy atom. The second-order valence-electron chi connectivity index (χ2n) is 4.21. The lowest BCUT2D eigenvalue weighted by molar-refractivity contribution is 0.768. The first kappa shape index (κ1) is 10.8. The third kappa shape index (κ3) is 1.96. The summed E-state index contributed by atoms with van der Waals surface area (Å²) in [5, 5.41) is 7.49. The highest BCUT2D eigenvalue weighted by atomic mass is 15.3. The normalized spacial score (nSPS) is 10.8. The van der Waals surface area contributed by atoms with E-state index in [1.807, 2.05) is 19.4 Å². The first-order valence-electron chi connectivity index (χ1n) is 5.42. The van der Waals surface area contributed by atoms with Gasteiger partial charge in [0.2, 0.25) is 0 Å². The molecule has 0 bridgehead atoms. The van der Waals surface area contributed by atoms with Crippen molar-refractivity contribution in [2.24, 2.45) is 14.1 Å². The Labute approximate surface area is 95.9 Å². The van der Waals surface area contributed by atoms with Gasteiger partial charge >= 0.3 is 0 Å². The van der Waals surface area contributed by atoms with E-state index in [2.05, 4.69) is 41.9 Å². The maximum absolute atomic E-state index is 4.12. The molecular weight excluding hydrogens is 200 g/mol. The molecule has 0 saturated heterocycles. The highest BCUT2D eigenvalue weighted by Gasteiger charge is 2.05. The minimum absolute atomic E-state index is 0.846. The molecular formula is C12H18N4. The first-order valence-corrected chi connectivity index (χ1v) is 5.42. The highest BCUT2D eigenvalue weighted by Crippen LogP contribution is 2.15. The molecule has 0 saturated carbocycles. The van der Waals surface area contributed by atoms with Crippen molar-refractivity contribution in [1.82, 2.24) is 14.3 Å². The van der Waals surface area contributed by atoms with Gasteiger partial charge in [-0.15, -0.1) is 0 Å². The van der Waals surface area contributed by atoms with Crippen LogP contribution in [-0.2, 0) is 20.6 Å². The minimum Gasteiger partial charge on any atom is -0.378 e. The number of hydrogen-bond donors (Lipinski definition) is 1. The second-order valence-corrected chi connectivity index (χ2v) is 4.21. The molecule has 0 spiro atoms. The Hall–Kier alpha value is -1.71. The molecule has 2 heterocycles. The molecule has 1 N–H and O–H groups in total. The van der Waals surface area contributed by atoms with Crippen molar-refractivity contribution in [1.29, 1.82) is 0 Å². The molecule has 16 heavy (non-hydrogen) atoms. The molecule has 0 radical (unpaired) electrons. The lowest BCUT2D eigenvalue weighted by atomic mass is 10.2. The zero-order chi connectivity index (χ0) is 11.7. The van der Waals surface area contributed by atoms with E-state index in [1.54, 1.807) is 4.68 Å². The van der Waals surface area contributed by atoms with E-state index in [0.717, 1.165) is 12.2 Å². The standard InChI is InChI=1S/C12H18N4/c1-9-5-11(10(2)16(9)4)6-13-12-7-14-15(3)8-12/h5,7-8,13H,6H2,1-4H3. The molecule has 0 atom stereocenters. The quantitative estimate of drug-likeness (QED) is 0.855.